The van der Waals surface area contributed by atoms with E-state index in [1.54, 1.807) is 0 Å². The molecule has 1 rings (SSSR count). The van der Waals surface area contributed by atoms with Crippen molar-refractivity contribution in [1.29, 1.82) is 0 Å². The Kier molecular flexibility index (Phi) is 6.02. The third-order valence-corrected chi connectivity index (χ3v) is 9.11. The van der Waals surface area contributed by atoms with Gasteiger partial charge in [-0.05, 0) is 31.5 Å². The van der Waals surface area contributed by atoms with Crippen molar-refractivity contribution in [3.63, 3.8) is 0 Å². The summed E-state index contributed by atoms with van der Waals surface area (Å²) in [5, 5.41) is 0.250. The van der Waals surface area contributed by atoms with E-state index >= 15 is 0 Å². The van der Waals surface area contributed by atoms with Crippen molar-refractivity contribution in [2.24, 2.45) is 0 Å². The molecule has 0 amide bonds. The molecule has 20 heavy (non-hydrogen) atoms. The number of rotatable bonds is 7. The van der Waals surface area contributed by atoms with E-state index in [9.17, 15) is 0 Å². The maximum absolute atomic E-state index is 6.39. The summed E-state index contributed by atoms with van der Waals surface area (Å²) in [6.07, 6.45) is 4.70. The summed E-state index contributed by atoms with van der Waals surface area (Å²) in [6.45, 7) is 18.7. The Morgan fingerprint density at radius 2 is 1.85 bits per heavy atom. The molecule has 0 radical (unpaired) electrons. The standard InChI is InChI=1S/C16H32O3Si/c1-8-10-16(17-12-13-18-16)11-9-14(2)19-20(6,7)15(3,4)5/h8,14H,1,9-13H2,2-7H3/t14-/m1/s1. The molecule has 4 heteroatoms. The minimum atomic E-state index is -1.69. The van der Waals surface area contributed by atoms with Crippen molar-refractivity contribution in [3.8, 4) is 0 Å². The van der Waals surface area contributed by atoms with Gasteiger partial charge in [0.05, 0.1) is 13.2 Å². The SMILES string of the molecule is C=CCC1(CC[C@@H](C)O[Si](C)(C)C(C)(C)C)OCCO1. The Balaban J connectivity index is 2.50. The van der Waals surface area contributed by atoms with Gasteiger partial charge in [0, 0.05) is 18.9 Å². The van der Waals surface area contributed by atoms with E-state index in [1.807, 2.05) is 6.08 Å². The van der Waals surface area contributed by atoms with Gasteiger partial charge >= 0.3 is 0 Å². The third-order valence-electron chi connectivity index (χ3n) is 4.50. The van der Waals surface area contributed by atoms with Crippen LogP contribution in [0.15, 0.2) is 12.7 Å². The predicted molar refractivity (Wildman–Crippen MR) is 86.4 cm³/mol. The van der Waals surface area contributed by atoms with E-state index in [0.717, 1.165) is 19.3 Å². The summed E-state index contributed by atoms with van der Waals surface area (Å²) in [4.78, 5) is 0. The summed E-state index contributed by atoms with van der Waals surface area (Å²) < 4.78 is 18.0. The molecule has 1 saturated heterocycles. The Morgan fingerprint density at radius 3 is 2.30 bits per heavy atom. The molecule has 1 aliphatic heterocycles. The van der Waals surface area contributed by atoms with Gasteiger partial charge < -0.3 is 13.9 Å². The van der Waals surface area contributed by atoms with E-state index in [1.165, 1.54) is 0 Å². The Bertz CT molecular complexity index is 314. The quantitative estimate of drug-likeness (QED) is 0.512. The van der Waals surface area contributed by atoms with E-state index < -0.39 is 14.1 Å². The van der Waals surface area contributed by atoms with Gasteiger partial charge in [-0.2, -0.15) is 0 Å². The first-order valence-corrected chi connectivity index (χ1v) is 10.6. The number of ether oxygens (including phenoxy) is 2. The van der Waals surface area contributed by atoms with Gasteiger partial charge in [0.25, 0.3) is 0 Å². The molecule has 1 heterocycles. The smallest absolute Gasteiger partial charge is 0.192 e. The Morgan fingerprint density at radius 1 is 1.30 bits per heavy atom. The van der Waals surface area contributed by atoms with Crippen LogP contribution in [0.25, 0.3) is 0 Å². The average Bonchev–Trinajstić information content (AvgIpc) is 2.74. The van der Waals surface area contributed by atoms with Gasteiger partial charge in [0.15, 0.2) is 14.1 Å². The topological polar surface area (TPSA) is 27.7 Å². The largest absolute Gasteiger partial charge is 0.414 e. The van der Waals surface area contributed by atoms with Crippen LogP contribution in [-0.4, -0.2) is 33.4 Å². The fourth-order valence-corrected chi connectivity index (χ4v) is 3.72. The lowest BCUT2D eigenvalue weighted by molar-refractivity contribution is -0.162. The van der Waals surface area contributed by atoms with E-state index in [2.05, 4.69) is 47.4 Å². The van der Waals surface area contributed by atoms with Crippen LogP contribution in [0, 0.1) is 0 Å². The summed E-state index contributed by atoms with van der Waals surface area (Å²) >= 11 is 0. The molecular weight excluding hydrogens is 268 g/mol. The summed E-state index contributed by atoms with van der Waals surface area (Å²) in [5.41, 5.74) is 0. The molecule has 0 spiro atoms. The van der Waals surface area contributed by atoms with E-state index in [-0.39, 0.29) is 11.1 Å². The zero-order valence-electron chi connectivity index (χ0n) is 14.1. The molecule has 118 valence electrons. The molecule has 0 N–H and O–H groups in total. The molecule has 0 aromatic carbocycles. The maximum atomic E-state index is 6.39. The van der Waals surface area contributed by atoms with Crippen LogP contribution in [0.5, 0.6) is 0 Å². The molecule has 1 aliphatic rings. The van der Waals surface area contributed by atoms with Crippen molar-refractivity contribution in [3.05, 3.63) is 12.7 Å². The molecule has 3 nitrogen and oxygen atoms in total. The van der Waals surface area contributed by atoms with Crippen molar-refractivity contribution < 1.29 is 13.9 Å². The van der Waals surface area contributed by atoms with Crippen LogP contribution in [0.2, 0.25) is 18.1 Å². The normalized spacial score (nSPS) is 20.9. The second-order valence-electron chi connectivity index (χ2n) is 7.33. The average molecular weight is 301 g/mol. The highest BCUT2D eigenvalue weighted by atomic mass is 28.4. The lowest BCUT2D eigenvalue weighted by Crippen LogP contribution is -2.43. The molecule has 1 atom stereocenters. The van der Waals surface area contributed by atoms with Crippen LogP contribution in [0.4, 0.5) is 0 Å². The molecule has 0 saturated carbocycles. The Labute approximate surface area is 125 Å². The fraction of sp³-hybridized carbons (Fsp3) is 0.875. The van der Waals surface area contributed by atoms with Crippen molar-refractivity contribution in [2.45, 2.75) is 77.0 Å². The third kappa shape index (κ3) is 4.69. The van der Waals surface area contributed by atoms with Crippen molar-refractivity contribution in [2.75, 3.05) is 13.2 Å². The van der Waals surface area contributed by atoms with Crippen LogP contribution in [-0.2, 0) is 13.9 Å². The minimum Gasteiger partial charge on any atom is -0.414 e. The van der Waals surface area contributed by atoms with E-state index in [0.29, 0.717) is 13.2 Å². The fourth-order valence-electron chi connectivity index (χ4n) is 2.24. The molecule has 1 fully saturated rings. The highest BCUT2D eigenvalue weighted by Crippen LogP contribution is 2.38. The molecule has 0 bridgehead atoms. The van der Waals surface area contributed by atoms with Gasteiger partial charge in [0.2, 0.25) is 0 Å². The van der Waals surface area contributed by atoms with Crippen molar-refractivity contribution >= 4 is 8.32 Å². The molecular formula is C16H32O3Si. The number of hydrogen-bond donors (Lipinski definition) is 0. The summed E-state index contributed by atoms with van der Waals surface area (Å²) in [7, 11) is -1.69. The molecule has 0 aromatic heterocycles. The first-order chi connectivity index (χ1) is 9.12. The van der Waals surface area contributed by atoms with Crippen LogP contribution >= 0.6 is 0 Å². The molecule has 0 aliphatic carbocycles. The highest BCUT2D eigenvalue weighted by Gasteiger charge is 2.40. The zero-order chi connectivity index (χ0) is 15.4. The monoisotopic (exact) mass is 300 g/mol. The highest BCUT2D eigenvalue weighted by molar-refractivity contribution is 6.74. The Hall–Kier alpha value is -0.163. The van der Waals surface area contributed by atoms with Crippen LogP contribution in [0.3, 0.4) is 0 Å². The predicted octanol–water partition coefficient (Wildman–Crippen LogP) is 4.50. The first kappa shape index (κ1) is 17.9. The maximum Gasteiger partial charge on any atom is 0.192 e. The first-order valence-electron chi connectivity index (χ1n) is 7.68. The summed E-state index contributed by atoms with van der Waals surface area (Å²) in [5.74, 6) is -0.452. The van der Waals surface area contributed by atoms with Crippen molar-refractivity contribution in [1.82, 2.24) is 0 Å². The van der Waals surface area contributed by atoms with Gasteiger partial charge in [-0.3, -0.25) is 0 Å². The van der Waals surface area contributed by atoms with Crippen LogP contribution in [0.1, 0.15) is 47.0 Å². The number of hydrogen-bond acceptors (Lipinski definition) is 3. The lowest BCUT2D eigenvalue weighted by atomic mass is 10.0. The van der Waals surface area contributed by atoms with E-state index in [4.69, 9.17) is 13.9 Å². The van der Waals surface area contributed by atoms with Gasteiger partial charge in [-0.1, -0.05) is 26.8 Å². The zero-order valence-corrected chi connectivity index (χ0v) is 15.1. The summed E-state index contributed by atoms with van der Waals surface area (Å²) in [6, 6.07) is 0. The van der Waals surface area contributed by atoms with Gasteiger partial charge in [-0.25, -0.2) is 0 Å². The van der Waals surface area contributed by atoms with Gasteiger partial charge in [-0.15, -0.1) is 6.58 Å². The second-order valence-corrected chi connectivity index (χ2v) is 12.1. The molecule has 0 unspecified atom stereocenters. The lowest BCUT2D eigenvalue weighted by Gasteiger charge is -2.39. The molecule has 0 aromatic rings. The van der Waals surface area contributed by atoms with Crippen LogP contribution < -0.4 is 0 Å². The minimum absolute atomic E-state index is 0.241. The van der Waals surface area contributed by atoms with Gasteiger partial charge in [0.1, 0.15) is 0 Å². The second kappa shape index (κ2) is 6.73.